The van der Waals surface area contributed by atoms with E-state index in [4.69, 9.17) is 0 Å². The molecule has 6 heteroatoms. The first-order valence-electron chi connectivity index (χ1n) is 14.8. The Morgan fingerprint density at radius 3 is 2.68 bits per heavy atom. The molecule has 1 amide bonds. The van der Waals surface area contributed by atoms with Gasteiger partial charge in [-0.05, 0) is 122 Å². The first kappa shape index (κ1) is 25.6. The van der Waals surface area contributed by atoms with Crippen LogP contribution in [-0.4, -0.2) is 35.0 Å². The van der Waals surface area contributed by atoms with Crippen LogP contribution in [0.25, 0.3) is 0 Å². The Morgan fingerprint density at radius 1 is 1.11 bits per heavy atom. The van der Waals surface area contributed by atoms with Crippen LogP contribution < -0.4 is 10.2 Å². The molecule has 0 unspecified atom stereocenters. The van der Waals surface area contributed by atoms with Crippen molar-refractivity contribution >= 4 is 17.3 Å². The highest BCUT2D eigenvalue weighted by atomic mass is 19.1. The van der Waals surface area contributed by atoms with Gasteiger partial charge in [0.25, 0.3) is 0 Å². The lowest BCUT2D eigenvalue weighted by Crippen LogP contribution is -2.58. The van der Waals surface area contributed by atoms with Crippen molar-refractivity contribution in [3.8, 4) is 0 Å². The molecule has 0 aromatic heterocycles. The van der Waals surface area contributed by atoms with Gasteiger partial charge in [-0.15, -0.1) is 0 Å². The predicted molar refractivity (Wildman–Crippen MR) is 143 cm³/mol. The summed E-state index contributed by atoms with van der Waals surface area (Å²) in [7, 11) is 0. The molecule has 4 fully saturated rings. The zero-order valence-electron chi connectivity index (χ0n) is 22.8. The molecule has 0 saturated heterocycles. The summed E-state index contributed by atoms with van der Waals surface area (Å²) in [5.41, 5.74) is 1.95. The molecule has 37 heavy (non-hydrogen) atoms. The third-order valence-electron chi connectivity index (χ3n) is 12.2. The number of fused-ring (bicyclic) bond motifs is 6. The van der Waals surface area contributed by atoms with Crippen molar-refractivity contribution in [2.75, 3.05) is 16.9 Å². The molecule has 0 radical (unpaired) electrons. The van der Waals surface area contributed by atoms with Gasteiger partial charge in [0.1, 0.15) is 5.82 Å². The monoisotopic (exact) mass is 512 g/mol. The lowest BCUT2D eigenvalue weighted by Gasteiger charge is -2.62. The lowest BCUT2D eigenvalue weighted by atomic mass is 9.43. The van der Waals surface area contributed by atoms with Gasteiger partial charge in [0.05, 0.1) is 30.3 Å². The van der Waals surface area contributed by atoms with Gasteiger partial charge in [0.15, 0.2) is 0 Å². The molecule has 1 aliphatic heterocycles. The fourth-order valence-electron chi connectivity index (χ4n) is 10.2. The van der Waals surface area contributed by atoms with Crippen molar-refractivity contribution in [1.82, 2.24) is 0 Å². The van der Waals surface area contributed by atoms with Crippen LogP contribution in [0.1, 0.15) is 85.0 Å². The number of nitrogens with zero attached hydrogens (tertiary/aromatic N) is 1. The molecular formula is C31H45FN2O3. The van der Waals surface area contributed by atoms with Gasteiger partial charge < -0.3 is 15.5 Å². The fourth-order valence-corrected chi connectivity index (χ4v) is 10.2. The number of carbonyl (C=O) groups is 1. The molecule has 1 aromatic carbocycles. The molecule has 5 aliphatic rings. The van der Waals surface area contributed by atoms with E-state index in [0.717, 1.165) is 37.8 Å². The third kappa shape index (κ3) is 4.04. The van der Waals surface area contributed by atoms with Gasteiger partial charge in [0, 0.05) is 6.42 Å². The number of aliphatic hydroxyl groups is 2. The number of hydrogen-bond acceptors (Lipinski definition) is 4. The standard InChI is InChI=1S/C31H45FN2O3/c1-18(4-9-28(37)34-17-33-25-16-20(32)5-8-26(25)34)22-6-7-23-29-24(11-13-31(22,23)3)30(2)12-10-21(35)14-19(30)15-27(29)36/h5,8,16,18-19,21-24,27,29,33,35-36H,4,6-7,9-15,17H2,1-3H3/t18-,19+,21-,22-,23+,24+,27+,29+,30+,31-/m1/s1. The van der Waals surface area contributed by atoms with Crippen LogP contribution in [0.2, 0.25) is 0 Å². The van der Waals surface area contributed by atoms with Crippen molar-refractivity contribution in [1.29, 1.82) is 0 Å². The summed E-state index contributed by atoms with van der Waals surface area (Å²) in [4.78, 5) is 14.9. The summed E-state index contributed by atoms with van der Waals surface area (Å²) < 4.78 is 13.6. The molecule has 5 nitrogen and oxygen atoms in total. The molecule has 204 valence electrons. The fraction of sp³-hybridized carbons (Fsp3) is 0.774. The molecule has 6 rings (SSSR count). The summed E-state index contributed by atoms with van der Waals surface area (Å²) in [5, 5.41) is 24.9. The van der Waals surface area contributed by atoms with Crippen molar-refractivity contribution in [3.05, 3.63) is 24.0 Å². The number of benzene rings is 1. The number of carbonyl (C=O) groups excluding carboxylic acids is 1. The van der Waals surface area contributed by atoms with Crippen LogP contribution in [0.15, 0.2) is 18.2 Å². The minimum Gasteiger partial charge on any atom is -0.393 e. The van der Waals surface area contributed by atoms with Crippen LogP contribution in [0.3, 0.4) is 0 Å². The van der Waals surface area contributed by atoms with E-state index in [2.05, 4.69) is 26.1 Å². The van der Waals surface area contributed by atoms with Crippen molar-refractivity contribution < 1.29 is 19.4 Å². The van der Waals surface area contributed by atoms with Gasteiger partial charge in [-0.1, -0.05) is 20.8 Å². The molecule has 0 spiro atoms. The number of hydrogen-bond donors (Lipinski definition) is 3. The zero-order valence-corrected chi connectivity index (χ0v) is 22.8. The SMILES string of the molecule is C[C@H](CCC(=O)N1CNc2cc(F)ccc21)[C@H]1CC[C@H]2[C@@H]3[C@@H](O)C[C@@H]4C[C@H](O)CC[C@]4(C)[C@H]3CC[C@]12C. The van der Waals surface area contributed by atoms with Crippen LogP contribution in [0.4, 0.5) is 15.8 Å². The van der Waals surface area contributed by atoms with Crippen molar-refractivity contribution in [2.24, 2.45) is 46.3 Å². The van der Waals surface area contributed by atoms with Gasteiger partial charge in [-0.25, -0.2) is 4.39 Å². The Balaban J connectivity index is 1.13. The topological polar surface area (TPSA) is 72.8 Å². The Morgan fingerprint density at radius 2 is 1.86 bits per heavy atom. The molecule has 0 bridgehead atoms. The molecule has 3 N–H and O–H groups in total. The van der Waals surface area contributed by atoms with E-state index in [-0.39, 0.29) is 34.8 Å². The maximum atomic E-state index is 13.6. The predicted octanol–water partition coefficient (Wildman–Crippen LogP) is 5.95. The summed E-state index contributed by atoms with van der Waals surface area (Å²) in [6.07, 6.45) is 9.44. The van der Waals surface area contributed by atoms with Crippen LogP contribution in [-0.2, 0) is 4.79 Å². The third-order valence-corrected chi connectivity index (χ3v) is 12.2. The Kier molecular flexibility index (Phi) is 6.38. The van der Waals surface area contributed by atoms with E-state index < -0.39 is 0 Å². The van der Waals surface area contributed by atoms with E-state index in [1.54, 1.807) is 11.0 Å². The number of rotatable bonds is 4. The molecule has 10 atom stereocenters. The minimum atomic E-state index is -0.290. The molecule has 1 heterocycles. The normalized spacial score (nSPS) is 43.3. The average molecular weight is 513 g/mol. The Bertz CT molecular complexity index is 1050. The maximum absolute atomic E-state index is 13.6. The Hall–Kier alpha value is -1.66. The summed E-state index contributed by atoms with van der Waals surface area (Å²) in [6, 6.07) is 4.57. The first-order chi connectivity index (χ1) is 17.6. The number of anilines is 2. The molecular weight excluding hydrogens is 467 g/mol. The van der Waals surface area contributed by atoms with Gasteiger partial charge in [0.2, 0.25) is 5.91 Å². The number of aliphatic hydroxyl groups excluding tert-OH is 2. The van der Waals surface area contributed by atoms with Gasteiger partial charge in [-0.2, -0.15) is 0 Å². The van der Waals surface area contributed by atoms with Gasteiger partial charge >= 0.3 is 0 Å². The second-order valence-corrected chi connectivity index (χ2v) is 13.8. The van der Waals surface area contributed by atoms with Crippen LogP contribution >= 0.6 is 0 Å². The second kappa shape index (κ2) is 9.22. The summed E-state index contributed by atoms with van der Waals surface area (Å²) in [6.45, 7) is 7.70. The molecule has 1 aromatic rings. The van der Waals surface area contributed by atoms with E-state index >= 15 is 0 Å². The Labute approximate surface area is 221 Å². The largest absolute Gasteiger partial charge is 0.393 e. The van der Waals surface area contributed by atoms with Gasteiger partial charge in [-0.3, -0.25) is 9.69 Å². The maximum Gasteiger partial charge on any atom is 0.228 e. The summed E-state index contributed by atoms with van der Waals surface area (Å²) >= 11 is 0. The highest BCUT2D eigenvalue weighted by Crippen LogP contribution is 2.68. The zero-order chi connectivity index (χ0) is 26.1. The molecule has 4 aliphatic carbocycles. The highest BCUT2D eigenvalue weighted by molar-refractivity contribution is 5.99. The van der Waals surface area contributed by atoms with E-state index in [9.17, 15) is 19.4 Å². The van der Waals surface area contributed by atoms with E-state index in [1.165, 1.54) is 37.8 Å². The number of nitrogens with one attached hydrogen (secondary N) is 1. The minimum absolute atomic E-state index is 0.106. The van der Waals surface area contributed by atoms with Crippen LogP contribution in [0, 0.1) is 52.2 Å². The van der Waals surface area contributed by atoms with Crippen molar-refractivity contribution in [2.45, 2.75) is 97.2 Å². The lowest BCUT2D eigenvalue weighted by molar-refractivity contribution is -0.174. The first-order valence-corrected chi connectivity index (χ1v) is 14.8. The van der Waals surface area contributed by atoms with E-state index in [1.807, 2.05) is 0 Å². The summed E-state index contributed by atoms with van der Waals surface area (Å²) in [5.74, 6) is 2.79. The number of amides is 1. The quantitative estimate of drug-likeness (QED) is 0.466. The second-order valence-electron chi connectivity index (χ2n) is 13.8. The highest BCUT2D eigenvalue weighted by Gasteiger charge is 2.62. The van der Waals surface area contributed by atoms with E-state index in [0.29, 0.717) is 54.3 Å². The van der Waals surface area contributed by atoms with Crippen molar-refractivity contribution in [3.63, 3.8) is 0 Å². The average Bonchev–Trinajstić information content (AvgIpc) is 3.44. The smallest absolute Gasteiger partial charge is 0.228 e. The van der Waals surface area contributed by atoms with Crippen LogP contribution in [0.5, 0.6) is 0 Å². The molecule has 4 saturated carbocycles. The number of halogens is 1.